The molecule has 2 aromatic rings. The molecular formula is C20H20F2N2. The van der Waals surface area contributed by atoms with Crippen LogP contribution in [-0.4, -0.2) is 13.1 Å². The highest BCUT2D eigenvalue weighted by atomic mass is 19.2. The number of hydrogen-bond donors (Lipinski definition) is 1. The van der Waals surface area contributed by atoms with E-state index in [-0.39, 0.29) is 0 Å². The van der Waals surface area contributed by atoms with Gasteiger partial charge in [0.25, 0.3) is 0 Å². The fraction of sp³-hybridized carbons (Fsp3) is 0.200. The fourth-order valence-corrected chi connectivity index (χ4v) is 3.34. The molecule has 1 aliphatic heterocycles. The molecule has 2 nitrogen and oxygen atoms in total. The minimum absolute atomic E-state index is 0.299. The summed E-state index contributed by atoms with van der Waals surface area (Å²) in [5.74, 6) is -1.68. The van der Waals surface area contributed by atoms with Gasteiger partial charge in [-0.2, -0.15) is 0 Å². The molecule has 124 valence electrons. The topological polar surface area (TPSA) is 29.3 Å². The highest BCUT2D eigenvalue weighted by Gasteiger charge is 2.40. The lowest BCUT2D eigenvalue weighted by molar-refractivity contribution is 0.449. The summed E-state index contributed by atoms with van der Waals surface area (Å²) in [4.78, 5) is 2.11. The Labute approximate surface area is 140 Å². The lowest BCUT2D eigenvalue weighted by Crippen LogP contribution is -2.47. The van der Waals surface area contributed by atoms with Crippen molar-refractivity contribution in [3.05, 3.63) is 89.7 Å². The second-order valence-electron chi connectivity index (χ2n) is 6.30. The van der Waals surface area contributed by atoms with Crippen LogP contribution >= 0.6 is 0 Å². The Morgan fingerprint density at radius 3 is 2.50 bits per heavy atom. The van der Waals surface area contributed by atoms with Crippen molar-refractivity contribution in [1.82, 2.24) is 0 Å². The zero-order valence-electron chi connectivity index (χ0n) is 13.6. The van der Waals surface area contributed by atoms with E-state index in [1.165, 1.54) is 12.3 Å². The van der Waals surface area contributed by atoms with Gasteiger partial charge in [0.1, 0.15) is 0 Å². The Morgan fingerprint density at radius 1 is 1.12 bits per heavy atom. The van der Waals surface area contributed by atoms with Gasteiger partial charge < -0.3 is 10.6 Å². The van der Waals surface area contributed by atoms with Gasteiger partial charge in [-0.1, -0.05) is 36.9 Å². The molecule has 1 atom stereocenters. The number of rotatable bonds is 2. The van der Waals surface area contributed by atoms with Crippen molar-refractivity contribution in [2.45, 2.75) is 12.3 Å². The van der Waals surface area contributed by atoms with Crippen molar-refractivity contribution >= 4 is 5.69 Å². The number of nitrogens with zero attached hydrogens (tertiary/aromatic N) is 1. The lowest BCUT2D eigenvalue weighted by atomic mass is 9.70. The van der Waals surface area contributed by atoms with E-state index in [4.69, 9.17) is 5.73 Å². The summed E-state index contributed by atoms with van der Waals surface area (Å²) in [7, 11) is 0. The highest BCUT2D eigenvalue weighted by molar-refractivity contribution is 5.58. The van der Waals surface area contributed by atoms with Crippen LogP contribution in [-0.2, 0) is 5.41 Å². The summed E-state index contributed by atoms with van der Waals surface area (Å²) in [6, 6.07) is 14.1. The van der Waals surface area contributed by atoms with Crippen LogP contribution in [0.4, 0.5) is 14.5 Å². The minimum atomic E-state index is -0.850. The van der Waals surface area contributed by atoms with Crippen molar-refractivity contribution in [1.29, 1.82) is 0 Å². The molecular weight excluding hydrogens is 306 g/mol. The van der Waals surface area contributed by atoms with Gasteiger partial charge in [0.2, 0.25) is 0 Å². The quantitative estimate of drug-likeness (QED) is 0.898. The van der Waals surface area contributed by atoms with E-state index in [0.29, 0.717) is 18.7 Å². The second kappa shape index (κ2) is 6.11. The Balaban J connectivity index is 2.11. The molecule has 0 bridgehead atoms. The first-order valence-electron chi connectivity index (χ1n) is 7.82. The zero-order valence-corrected chi connectivity index (χ0v) is 13.6. The summed E-state index contributed by atoms with van der Waals surface area (Å²) in [5.41, 5.74) is 7.87. The second-order valence-corrected chi connectivity index (χ2v) is 6.30. The highest BCUT2D eigenvalue weighted by Crippen LogP contribution is 2.42. The van der Waals surface area contributed by atoms with Crippen molar-refractivity contribution in [2.75, 3.05) is 18.0 Å². The smallest absolute Gasteiger partial charge is 0.162 e. The van der Waals surface area contributed by atoms with E-state index in [1.54, 1.807) is 6.07 Å². The predicted molar refractivity (Wildman–Crippen MR) is 93.8 cm³/mol. The Bertz CT molecular complexity index is 799. The number of anilines is 1. The van der Waals surface area contributed by atoms with Gasteiger partial charge in [0.15, 0.2) is 11.6 Å². The van der Waals surface area contributed by atoms with Gasteiger partial charge in [-0.25, -0.2) is 8.78 Å². The zero-order chi connectivity index (χ0) is 17.3. The lowest BCUT2D eigenvalue weighted by Gasteiger charge is -2.45. The SMILES string of the molecule is C=C1/C(=C/N)CN(c2ccccc2)CC1(C)c1cccc(F)c1F. The van der Waals surface area contributed by atoms with E-state index >= 15 is 0 Å². The summed E-state index contributed by atoms with van der Waals surface area (Å²) < 4.78 is 28.3. The van der Waals surface area contributed by atoms with Gasteiger partial charge >= 0.3 is 0 Å². The van der Waals surface area contributed by atoms with Crippen molar-refractivity contribution in [3.63, 3.8) is 0 Å². The third-order valence-electron chi connectivity index (χ3n) is 4.79. The number of hydrogen-bond acceptors (Lipinski definition) is 2. The third-order valence-corrected chi connectivity index (χ3v) is 4.79. The normalized spacial score (nSPS) is 22.9. The molecule has 1 heterocycles. The number of halogens is 2. The molecule has 2 N–H and O–H groups in total. The van der Waals surface area contributed by atoms with Gasteiger partial charge in [0.05, 0.1) is 0 Å². The van der Waals surface area contributed by atoms with E-state index in [2.05, 4.69) is 11.5 Å². The Kier molecular flexibility index (Phi) is 4.14. The molecule has 0 saturated carbocycles. The van der Waals surface area contributed by atoms with Gasteiger partial charge in [-0.15, -0.1) is 0 Å². The van der Waals surface area contributed by atoms with Crippen LogP contribution in [0.3, 0.4) is 0 Å². The fourth-order valence-electron chi connectivity index (χ4n) is 3.34. The first-order valence-corrected chi connectivity index (χ1v) is 7.82. The van der Waals surface area contributed by atoms with Crippen LogP contribution in [0.2, 0.25) is 0 Å². The summed E-state index contributed by atoms with van der Waals surface area (Å²) >= 11 is 0. The third kappa shape index (κ3) is 2.58. The van der Waals surface area contributed by atoms with Crippen molar-refractivity contribution in [2.24, 2.45) is 5.73 Å². The molecule has 4 heteroatoms. The average Bonchev–Trinajstić information content (AvgIpc) is 2.60. The number of benzene rings is 2. The van der Waals surface area contributed by atoms with Crippen molar-refractivity contribution in [3.8, 4) is 0 Å². The molecule has 0 aromatic heterocycles. The molecule has 1 saturated heterocycles. The van der Waals surface area contributed by atoms with Crippen LogP contribution in [0.25, 0.3) is 0 Å². The molecule has 24 heavy (non-hydrogen) atoms. The molecule has 0 amide bonds. The van der Waals surface area contributed by atoms with Crippen LogP contribution in [0.15, 0.2) is 72.5 Å². The van der Waals surface area contributed by atoms with Crippen LogP contribution in [0.5, 0.6) is 0 Å². The monoisotopic (exact) mass is 326 g/mol. The Morgan fingerprint density at radius 2 is 1.83 bits per heavy atom. The molecule has 0 spiro atoms. The summed E-state index contributed by atoms with van der Waals surface area (Å²) in [6.07, 6.45) is 1.51. The first-order chi connectivity index (χ1) is 11.5. The number of piperidine rings is 1. The standard InChI is InChI=1S/C20H20F2N2/c1-14-15(11-23)12-24(16-7-4-3-5-8-16)13-20(14,2)17-9-6-10-18(21)19(17)22/h3-11H,1,12-13,23H2,2H3/b15-11+. The van der Waals surface area contributed by atoms with Crippen LogP contribution < -0.4 is 10.6 Å². The molecule has 2 aromatic carbocycles. The molecule has 1 aliphatic rings. The van der Waals surface area contributed by atoms with E-state index in [1.807, 2.05) is 37.3 Å². The van der Waals surface area contributed by atoms with Crippen LogP contribution in [0, 0.1) is 11.6 Å². The molecule has 3 rings (SSSR count). The van der Waals surface area contributed by atoms with Crippen molar-refractivity contribution < 1.29 is 8.78 Å². The maximum Gasteiger partial charge on any atom is 0.162 e. The maximum atomic E-state index is 14.5. The summed E-state index contributed by atoms with van der Waals surface area (Å²) in [5, 5.41) is 0. The van der Waals surface area contributed by atoms with E-state index in [0.717, 1.165) is 22.9 Å². The molecule has 1 unspecified atom stereocenters. The molecule has 1 fully saturated rings. The summed E-state index contributed by atoms with van der Waals surface area (Å²) in [6.45, 7) is 7.09. The minimum Gasteiger partial charge on any atom is -0.404 e. The largest absolute Gasteiger partial charge is 0.404 e. The van der Waals surface area contributed by atoms with Crippen LogP contribution in [0.1, 0.15) is 12.5 Å². The maximum absolute atomic E-state index is 14.5. The van der Waals surface area contributed by atoms with Gasteiger partial charge in [-0.05, 0) is 42.5 Å². The average molecular weight is 326 g/mol. The van der Waals surface area contributed by atoms with E-state index in [9.17, 15) is 8.78 Å². The Hall–Kier alpha value is -2.62. The predicted octanol–water partition coefficient (Wildman–Crippen LogP) is 4.14. The van der Waals surface area contributed by atoms with E-state index < -0.39 is 17.0 Å². The van der Waals surface area contributed by atoms with Gasteiger partial charge in [-0.3, -0.25) is 0 Å². The number of para-hydroxylation sites is 1. The molecule has 0 aliphatic carbocycles. The first kappa shape index (κ1) is 16.2. The number of nitrogens with two attached hydrogens (primary N) is 1. The van der Waals surface area contributed by atoms with Gasteiger partial charge in [0, 0.05) is 29.8 Å². The molecule has 0 radical (unpaired) electrons.